The topological polar surface area (TPSA) is 107 Å². The van der Waals surface area contributed by atoms with E-state index in [1.54, 1.807) is 0 Å². The minimum atomic E-state index is -1.41. The van der Waals surface area contributed by atoms with Crippen LogP contribution >= 0.6 is 0 Å². The minimum Gasteiger partial charge on any atom is -0.478 e. The lowest BCUT2D eigenvalue weighted by atomic mass is 10.1. The zero-order chi connectivity index (χ0) is 15.3. The van der Waals surface area contributed by atoms with Crippen molar-refractivity contribution >= 4 is 17.6 Å². The predicted octanol–water partition coefficient (Wildman–Crippen LogP) is 2.50. The molecule has 0 spiro atoms. The minimum absolute atomic E-state index is 0.0849. The third-order valence-corrected chi connectivity index (χ3v) is 2.60. The summed E-state index contributed by atoms with van der Waals surface area (Å²) in [4.78, 5) is 33.0. The lowest BCUT2D eigenvalue weighted by Gasteiger charge is -2.09. The molecule has 0 saturated carbocycles. The number of rotatable bonds is 6. The van der Waals surface area contributed by atoms with Gasteiger partial charge in [0.15, 0.2) is 5.56 Å². The maximum Gasteiger partial charge on any atom is 0.346 e. The van der Waals surface area contributed by atoms with E-state index in [-0.39, 0.29) is 6.61 Å². The molecule has 0 aromatic heterocycles. The van der Waals surface area contributed by atoms with Gasteiger partial charge in [-0.05, 0) is 18.4 Å². The number of hydrogen-bond acceptors (Lipinski definition) is 5. The Morgan fingerprint density at radius 1 is 1.40 bits per heavy atom. The molecule has 0 heterocycles. The second-order valence-electron chi connectivity index (χ2n) is 4.58. The normalized spacial score (nSPS) is 10.3. The fourth-order valence-corrected chi connectivity index (χ4v) is 1.54. The summed E-state index contributed by atoms with van der Waals surface area (Å²) in [6.07, 6.45) is 0.592. The van der Waals surface area contributed by atoms with Gasteiger partial charge in [-0.25, -0.2) is 9.59 Å². The maximum absolute atomic E-state index is 11.9. The smallest absolute Gasteiger partial charge is 0.346 e. The van der Waals surface area contributed by atoms with Gasteiger partial charge in [-0.2, -0.15) is 0 Å². The molecule has 7 heteroatoms. The molecule has 0 radical (unpaired) electrons. The Balaban J connectivity index is 3.10. The summed E-state index contributed by atoms with van der Waals surface area (Å²) in [5.41, 5.74) is -1.53. The van der Waals surface area contributed by atoms with Crippen molar-refractivity contribution in [3.63, 3.8) is 0 Å². The molecule has 0 aliphatic rings. The molecule has 0 aliphatic heterocycles. The van der Waals surface area contributed by atoms with Crippen LogP contribution in [0, 0.1) is 16.0 Å². The first-order valence-electron chi connectivity index (χ1n) is 6.02. The van der Waals surface area contributed by atoms with Gasteiger partial charge >= 0.3 is 11.9 Å². The number of esters is 1. The molecule has 108 valence electrons. The summed E-state index contributed by atoms with van der Waals surface area (Å²) in [5, 5.41) is 19.9. The monoisotopic (exact) mass is 281 g/mol. The summed E-state index contributed by atoms with van der Waals surface area (Å²) < 4.78 is 4.91. The van der Waals surface area contributed by atoms with Crippen LogP contribution in [-0.2, 0) is 4.74 Å². The summed E-state index contributed by atoms with van der Waals surface area (Å²) in [6.45, 7) is 3.95. The number of nitro benzene ring substituents is 1. The van der Waals surface area contributed by atoms with Crippen molar-refractivity contribution < 1.29 is 24.4 Å². The van der Waals surface area contributed by atoms with E-state index in [0.717, 1.165) is 12.1 Å². The van der Waals surface area contributed by atoms with Gasteiger partial charge in [0.25, 0.3) is 5.69 Å². The third kappa shape index (κ3) is 3.78. The fraction of sp³-hybridized carbons (Fsp3) is 0.385. The van der Waals surface area contributed by atoms with Gasteiger partial charge in [-0.1, -0.05) is 19.9 Å². The SMILES string of the molecule is CC(C)CCOC(=O)c1c(C(=O)O)cccc1[N+](=O)[O-]. The molecule has 0 atom stereocenters. The van der Waals surface area contributed by atoms with Crippen molar-refractivity contribution in [3.8, 4) is 0 Å². The molecule has 0 saturated heterocycles. The standard InChI is InChI=1S/C13H15NO6/c1-8(2)6-7-20-13(17)11-9(12(15)16)4-3-5-10(11)14(18)19/h3-5,8H,6-7H2,1-2H3,(H,15,16). The molecule has 7 nitrogen and oxygen atoms in total. The number of carbonyl (C=O) groups is 2. The number of carboxylic acid groups (broad SMARTS) is 1. The molecule has 0 bridgehead atoms. The lowest BCUT2D eigenvalue weighted by Crippen LogP contribution is -2.15. The molecular formula is C13H15NO6. The lowest BCUT2D eigenvalue weighted by molar-refractivity contribution is -0.385. The zero-order valence-electron chi connectivity index (χ0n) is 11.2. The molecule has 1 rings (SSSR count). The van der Waals surface area contributed by atoms with E-state index >= 15 is 0 Å². The second kappa shape index (κ2) is 6.65. The number of carbonyl (C=O) groups excluding carboxylic acids is 1. The maximum atomic E-state index is 11.9. The highest BCUT2D eigenvalue weighted by atomic mass is 16.6. The molecular weight excluding hydrogens is 266 g/mol. The average Bonchev–Trinajstić information content (AvgIpc) is 2.36. The van der Waals surface area contributed by atoms with E-state index < -0.39 is 33.7 Å². The van der Waals surface area contributed by atoms with Gasteiger partial charge in [0.2, 0.25) is 0 Å². The Labute approximate surface area is 115 Å². The van der Waals surface area contributed by atoms with E-state index in [1.165, 1.54) is 6.07 Å². The van der Waals surface area contributed by atoms with Crippen molar-refractivity contribution in [1.82, 2.24) is 0 Å². The quantitative estimate of drug-likeness (QED) is 0.487. The first-order chi connectivity index (χ1) is 9.34. The van der Waals surface area contributed by atoms with E-state index in [9.17, 15) is 19.7 Å². The molecule has 20 heavy (non-hydrogen) atoms. The molecule has 0 aliphatic carbocycles. The molecule has 1 N–H and O–H groups in total. The van der Waals surface area contributed by atoms with E-state index in [4.69, 9.17) is 9.84 Å². The van der Waals surface area contributed by atoms with Crippen LogP contribution in [0.15, 0.2) is 18.2 Å². The molecule has 0 unspecified atom stereocenters. The Kier molecular flexibility index (Phi) is 5.19. The van der Waals surface area contributed by atoms with Crippen molar-refractivity contribution in [1.29, 1.82) is 0 Å². The van der Waals surface area contributed by atoms with Crippen molar-refractivity contribution in [3.05, 3.63) is 39.4 Å². The van der Waals surface area contributed by atoms with E-state index in [1.807, 2.05) is 13.8 Å². The first kappa shape index (κ1) is 15.6. The Morgan fingerprint density at radius 3 is 2.55 bits per heavy atom. The Morgan fingerprint density at radius 2 is 2.05 bits per heavy atom. The van der Waals surface area contributed by atoms with E-state index in [2.05, 4.69) is 0 Å². The van der Waals surface area contributed by atoms with Crippen LogP contribution in [-0.4, -0.2) is 28.6 Å². The summed E-state index contributed by atoms with van der Waals surface area (Å²) in [5.74, 6) is -2.10. The second-order valence-corrected chi connectivity index (χ2v) is 4.58. The summed E-state index contributed by atoms with van der Waals surface area (Å²) in [7, 11) is 0. The Hall–Kier alpha value is -2.44. The average molecular weight is 281 g/mol. The van der Waals surface area contributed by atoms with Crippen LogP contribution in [0.4, 0.5) is 5.69 Å². The van der Waals surface area contributed by atoms with Crippen LogP contribution in [0.5, 0.6) is 0 Å². The van der Waals surface area contributed by atoms with Crippen LogP contribution < -0.4 is 0 Å². The van der Waals surface area contributed by atoms with Crippen molar-refractivity contribution in [2.75, 3.05) is 6.61 Å². The number of hydrogen-bond donors (Lipinski definition) is 1. The fourth-order valence-electron chi connectivity index (χ4n) is 1.54. The number of nitrogens with zero attached hydrogens (tertiary/aromatic N) is 1. The number of carboxylic acids is 1. The highest BCUT2D eigenvalue weighted by Crippen LogP contribution is 2.23. The number of aromatic carboxylic acids is 1. The zero-order valence-corrected chi connectivity index (χ0v) is 11.2. The summed E-state index contributed by atoms with van der Waals surface area (Å²) >= 11 is 0. The van der Waals surface area contributed by atoms with Crippen molar-refractivity contribution in [2.24, 2.45) is 5.92 Å². The number of benzene rings is 1. The van der Waals surface area contributed by atoms with Gasteiger partial charge in [-0.3, -0.25) is 10.1 Å². The van der Waals surface area contributed by atoms with E-state index in [0.29, 0.717) is 12.3 Å². The van der Waals surface area contributed by atoms with Crippen molar-refractivity contribution in [2.45, 2.75) is 20.3 Å². The summed E-state index contributed by atoms with van der Waals surface area (Å²) in [6, 6.07) is 3.42. The Bertz CT molecular complexity index is 505. The largest absolute Gasteiger partial charge is 0.478 e. The third-order valence-electron chi connectivity index (χ3n) is 2.60. The molecule has 1 aromatic carbocycles. The highest BCUT2D eigenvalue weighted by Gasteiger charge is 2.28. The van der Waals surface area contributed by atoms with Gasteiger partial charge in [0.05, 0.1) is 17.1 Å². The van der Waals surface area contributed by atoms with Crippen LogP contribution in [0.1, 0.15) is 41.0 Å². The molecule has 0 fully saturated rings. The van der Waals surface area contributed by atoms with Gasteiger partial charge in [0.1, 0.15) is 0 Å². The molecule has 0 amide bonds. The number of ether oxygens (including phenoxy) is 1. The van der Waals surface area contributed by atoms with Gasteiger partial charge in [-0.15, -0.1) is 0 Å². The highest BCUT2D eigenvalue weighted by molar-refractivity contribution is 6.05. The van der Waals surface area contributed by atoms with Gasteiger partial charge < -0.3 is 9.84 Å². The van der Waals surface area contributed by atoms with Crippen LogP contribution in [0.3, 0.4) is 0 Å². The van der Waals surface area contributed by atoms with Gasteiger partial charge in [0, 0.05) is 6.07 Å². The molecule has 1 aromatic rings. The number of nitro groups is 1. The predicted molar refractivity (Wildman–Crippen MR) is 69.8 cm³/mol. The van der Waals surface area contributed by atoms with Crippen LogP contribution in [0.2, 0.25) is 0 Å². The first-order valence-corrected chi connectivity index (χ1v) is 6.02. The van der Waals surface area contributed by atoms with Crippen LogP contribution in [0.25, 0.3) is 0 Å².